The van der Waals surface area contributed by atoms with Crippen LogP contribution in [-0.4, -0.2) is 52.6 Å². The number of carbonyl (C=O) groups is 2. The monoisotopic (exact) mass is 246 g/mol. The van der Waals surface area contributed by atoms with Crippen molar-refractivity contribution in [1.82, 2.24) is 0 Å². The molecule has 0 radical (unpaired) electrons. The number of esters is 2. The van der Waals surface area contributed by atoms with E-state index in [4.69, 9.17) is 18.9 Å². The van der Waals surface area contributed by atoms with Crippen molar-refractivity contribution in [3.8, 4) is 0 Å². The largest absolute Gasteiger partial charge is 0.460 e. The summed E-state index contributed by atoms with van der Waals surface area (Å²) in [6.07, 6.45) is 1.09. The smallest absolute Gasteiger partial charge is 0.334 e. The molecule has 0 spiro atoms. The summed E-state index contributed by atoms with van der Waals surface area (Å²) < 4.78 is 19.0. The molecule has 0 aromatic rings. The average Bonchev–Trinajstić information content (AvgIpc) is 2.29. The summed E-state index contributed by atoms with van der Waals surface area (Å²) in [6, 6.07) is 0. The predicted octanol–water partition coefficient (Wildman–Crippen LogP) is 0.312. The second kappa shape index (κ2) is 9.80. The predicted molar refractivity (Wildman–Crippen MR) is 59.4 cm³/mol. The highest BCUT2D eigenvalue weighted by Gasteiger charge is 2.08. The molecule has 0 rings (SSSR count). The highest BCUT2D eigenvalue weighted by molar-refractivity contribution is 5.95. The molecule has 0 saturated heterocycles. The van der Waals surface area contributed by atoms with Crippen LogP contribution in [0.5, 0.6) is 0 Å². The molecule has 0 aliphatic rings. The maximum absolute atomic E-state index is 11.3. The Kier molecular flexibility index (Phi) is 8.99. The minimum atomic E-state index is -0.594. The van der Waals surface area contributed by atoms with E-state index in [9.17, 15) is 9.59 Å². The van der Waals surface area contributed by atoms with Crippen LogP contribution in [0.4, 0.5) is 0 Å². The molecule has 0 amide bonds. The van der Waals surface area contributed by atoms with Crippen LogP contribution in [0, 0.1) is 0 Å². The number of methoxy groups -OCH3 is 2. The summed E-state index contributed by atoms with van der Waals surface area (Å²) in [5.41, 5.74) is 0.184. The molecule has 0 heterocycles. The van der Waals surface area contributed by atoms with E-state index in [1.807, 2.05) is 0 Å². The zero-order chi connectivity index (χ0) is 13.1. The molecule has 0 saturated carbocycles. The van der Waals surface area contributed by atoms with Gasteiger partial charge in [0.2, 0.25) is 0 Å². The van der Waals surface area contributed by atoms with Gasteiger partial charge in [-0.15, -0.1) is 0 Å². The van der Waals surface area contributed by atoms with E-state index in [2.05, 4.69) is 0 Å². The minimum absolute atomic E-state index is 0.151. The first-order valence-electron chi connectivity index (χ1n) is 5.12. The second-order valence-electron chi connectivity index (χ2n) is 3.12. The van der Waals surface area contributed by atoms with E-state index in [0.717, 1.165) is 6.08 Å². The van der Waals surface area contributed by atoms with Gasteiger partial charge in [0.1, 0.15) is 13.2 Å². The van der Waals surface area contributed by atoms with E-state index < -0.39 is 11.9 Å². The van der Waals surface area contributed by atoms with E-state index in [-0.39, 0.29) is 18.8 Å². The van der Waals surface area contributed by atoms with E-state index in [1.165, 1.54) is 21.1 Å². The van der Waals surface area contributed by atoms with Gasteiger partial charge in [-0.2, -0.15) is 0 Å². The Hall–Kier alpha value is -1.40. The van der Waals surface area contributed by atoms with E-state index in [1.54, 1.807) is 0 Å². The Morgan fingerprint density at radius 3 is 2.00 bits per heavy atom. The van der Waals surface area contributed by atoms with Crippen LogP contribution in [-0.2, 0) is 28.5 Å². The maximum atomic E-state index is 11.3. The third kappa shape index (κ3) is 8.41. The molecule has 6 nitrogen and oxygen atoms in total. The van der Waals surface area contributed by atoms with E-state index >= 15 is 0 Å². The summed E-state index contributed by atoms with van der Waals surface area (Å²) in [5.74, 6) is -1.16. The molecule has 0 aromatic heterocycles. The van der Waals surface area contributed by atoms with Crippen molar-refractivity contribution in [2.75, 3.05) is 40.6 Å². The lowest BCUT2D eigenvalue weighted by Crippen LogP contribution is -2.13. The van der Waals surface area contributed by atoms with Gasteiger partial charge in [-0.25, -0.2) is 9.59 Å². The molecular formula is C11H18O6. The van der Waals surface area contributed by atoms with Gasteiger partial charge in [-0.05, 0) is 6.92 Å². The van der Waals surface area contributed by atoms with Gasteiger partial charge >= 0.3 is 11.9 Å². The number of rotatable bonds is 8. The summed E-state index contributed by atoms with van der Waals surface area (Å²) in [7, 11) is 3.01. The Labute approximate surface area is 100 Å². The Balaban J connectivity index is 3.96. The van der Waals surface area contributed by atoms with Gasteiger partial charge in [0, 0.05) is 25.9 Å². The fourth-order valence-corrected chi connectivity index (χ4v) is 0.834. The SMILES string of the molecule is COCCOC(=O)/C=C(\C)C(=O)OCCOC. The Bertz CT molecular complexity index is 271. The lowest BCUT2D eigenvalue weighted by molar-refractivity contribution is -0.142. The fraction of sp³-hybridized carbons (Fsp3) is 0.636. The summed E-state index contributed by atoms with van der Waals surface area (Å²) >= 11 is 0. The zero-order valence-electron chi connectivity index (χ0n) is 10.4. The van der Waals surface area contributed by atoms with Crippen molar-refractivity contribution >= 4 is 11.9 Å². The van der Waals surface area contributed by atoms with Crippen molar-refractivity contribution < 1.29 is 28.5 Å². The standard InChI is InChI=1S/C11H18O6/c1-9(11(13)17-7-5-15-3)8-10(12)16-6-4-14-2/h8H,4-7H2,1-3H3/b9-8+. The van der Waals surface area contributed by atoms with Gasteiger partial charge in [-0.3, -0.25) is 0 Å². The van der Waals surface area contributed by atoms with Gasteiger partial charge in [0.15, 0.2) is 0 Å². The number of hydrogen-bond acceptors (Lipinski definition) is 6. The van der Waals surface area contributed by atoms with Gasteiger partial charge in [0.25, 0.3) is 0 Å². The van der Waals surface area contributed by atoms with Crippen LogP contribution in [0.1, 0.15) is 6.92 Å². The van der Waals surface area contributed by atoms with E-state index in [0.29, 0.717) is 13.2 Å². The van der Waals surface area contributed by atoms with Crippen molar-refractivity contribution in [1.29, 1.82) is 0 Å². The molecule has 0 aromatic carbocycles. The third-order valence-corrected chi connectivity index (χ3v) is 1.71. The Morgan fingerprint density at radius 1 is 0.941 bits per heavy atom. The molecule has 0 unspecified atom stereocenters. The lowest BCUT2D eigenvalue weighted by Gasteiger charge is -2.04. The number of hydrogen-bond donors (Lipinski definition) is 0. The second-order valence-corrected chi connectivity index (χ2v) is 3.12. The number of ether oxygens (including phenoxy) is 4. The fourth-order valence-electron chi connectivity index (χ4n) is 0.834. The molecule has 0 aliphatic carbocycles. The molecule has 0 fully saturated rings. The molecule has 0 atom stereocenters. The Morgan fingerprint density at radius 2 is 1.47 bits per heavy atom. The first-order chi connectivity index (χ1) is 8.11. The van der Waals surface area contributed by atoms with Crippen LogP contribution < -0.4 is 0 Å². The molecule has 17 heavy (non-hydrogen) atoms. The summed E-state index contributed by atoms with van der Waals surface area (Å²) in [5, 5.41) is 0. The maximum Gasteiger partial charge on any atom is 0.334 e. The van der Waals surface area contributed by atoms with Crippen molar-refractivity contribution in [2.24, 2.45) is 0 Å². The zero-order valence-corrected chi connectivity index (χ0v) is 10.4. The van der Waals surface area contributed by atoms with Crippen LogP contribution in [0.15, 0.2) is 11.6 Å². The first kappa shape index (κ1) is 15.6. The highest BCUT2D eigenvalue weighted by Crippen LogP contribution is 1.98. The van der Waals surface area contributed by atoms with Crippen molar-refractivity contribution in [3.63, 3.8) is 0 Å². The van der Waals surface area contributed by atoms with Crippen LogP contribution in [0.2, 0.25) is 0 Å². The highest BCUT2D eigenvalue weighted by atomic mass is 16.6. The summed E-state index contributed by atoms with van der Waals surface area (Å²) in [6.45, 7) is 2.41. The van der Waals surface area contributed by atoms with Crippen LogP contribution in [0.25, 0.3) is 0 Å². The molecule has 98 valence electrons. The normalized spacial score (nSPS) is 11.1. The molecule has 6 heteroatoms. The average molecular weight is 246 g/mol. The van der Waals surface area contributed by atoms with Gasteiger partial charge < -0.3 is 18.9 Å². The third-order valence-electron chi connectivity index (χ3n) is 1.71. The van der Waals surface area contributed by atoms with Crippen LogP contribution >= 0.6 is 0 Å². The molecule has 0 aliphatic heterocycles. The number of carbonyl (C=O) groups excluding carboxylic acids is 2. The molecule has 0 N–H and O–H groups in total. The lowest BCUT2D eigenvalue weighted by atomic mass is 10.3. The summed E-state index contributed by atoms with van der Waals surface area (Å²) in [4.78, 5) is 22.5. The molecular weight excluding hydrogens is 228 g/mol. The molecule has 0 bridgehead atoms. The van der Waals surface area contributed by atoms with Gasteiger partial charge in [0.05, 0.1) is 13.2 Å². The first-order valence-corrected chi connectivity index (χ1v) is 5.12. The quantitative estimate of drug-likeness (QED) is 0.349. The van der Waals surface area contributed by atoms with Crippen molar-refractivity contribution in [2.45, 2.75) is 6.92 Å². The topological polar surface area (TPSA) is 71.1 Å². The van der Waals surface area contributed by atoms with Crippen LogP contribution in [0.3, 0.4) is 0 Å². The van der Waals surface area contributed by atoms with Gasteiger partial charge in [-0.1, -0.05) is 0 Å². The van der Waals surface area contributed by atoms with Crippen molar-refractivity contribution in [3.05, 3.63) is 11.6 Å². The minimum Gasteiger partial charge on any atom is -0.460 e.